The Morgan fingerprint density at radius 2 is 0.762 bits per heavy atom. The molecule has 0 saturated carbocycles. The van der Waals surface area contributed by atoms with Crippen molar-refractivity contribution < 1.29 is 29.7 Å². The van der Waals surface area contributed by atoms with Crippen LogP contribution in [0.15, 0.2) is 0 Å². The van der Waals surface area contributed by atoms with E-state index in [2.05, 4.69) is 0 Å². The molecule has 0 fully saturated rings. The van der Waals surface area contributed by atoms with Crippen LogP contribution in [0.3, 0.4) is 0 Å². The topological polar surface area (TPSA) is 112 Å². The molecule has 0 amide bonds. The van der Waals surface area contributed by atoms with Crippen LogP contribution in [0.1, 0.15) is 78.6 Å². The van der Waals surface area contributed by atoms with E-state index < -0.39 is 17.9 Å². The normalized spacial score (nSPS) is 8.71. The Morgan fingerprint density at radius 1 is 0.571 bits per heavy atom. The van der Waals surface area contributed by atoms with Gasteiger partial charge in [0.05, 0.1) is 0 Å². The maximum atomic E-state index is 9.76. The SMILES string of the molecule is CCCCC(=O)O.CCCCC(=O)O.CCCCC(=O)O. The monoisotopic (exact) mass is 306 g/mol. The van der Waals surface area contributed by atoms with Crippen LogP contribution < -0.4 is 0 Å². The summed E-state index contributed by atoms with van der Waals surface area (Å²) < 4.78 is 0. The van der Waals surface area contributed by atoms with Crippen LogP contribution in [-0.2, 0) is 14.4 Å². The number of carbonyl (C=O) groups is 3. The molecule has 0 saturated heterocycles. The fraction of sp³-hybridized carbons (Fsp3) is 0.800. The zero-order chi connectivity index (χ0) is 17.1. The molecule has 0 aromatic heterocycles. The van der Waals surface area contributed by atoms with Crippen LogP contribution in [0.25, 0.3) is 0 Å². The van der Waals surface area contributed by atoms with E-state index in [1.807, 2.05) is 20.8 Å². The Morgan fingerprint density at radius 3 is 0.810 bits per heavy atom. The van der Waals surface area contributed by atoms with Crippen molar-refractivity contribution in [3.63, 3.8) is 0 Å². The van der Waals surface area contributed by atoms with Gasteiger partial charge in [-0.2, -0.15) is 0 Å². The first-order valence-electron chi connectivity index (χ1n) is 7.47. The fourth-order valence-electron chi connectivity index (χ4n) is 0.984. The summed E-state index contributed by atoms with van der Waals surface area (Å²) in [5.74, 6) is -2.08. The molecule has 0 radical (unpaired) electrons. The molecule has 0 heterocycles. The predicted molar refractivity (Wildman–Crippen MR) is 81.5 cm³/mol. The first kappa shape index (κ1) is 24.4. The maximum Gasteiger partial charge on any atom is 0.303 e. The second-order valence-electron chi connectivity index (χ2n) is 4.49. The Labute approximate surface area is 127 Å². The molecule has 0 unspecified atom stereocenters. The van der Waals surface area contributed by atoms with E-state index in [4.69, 9.17) is 15.3 Å². The third kappa shape index (κ3) is 45.7. The van der Waals surface area contributed by atoms with E-state index in [0.717, 1.165) is 38.5 Å². The largest absolute Gasteiger partial charge is 0.481 e. The lowest BCUT2D eigenvalue weighted by atomic mass is 10.3. The van der Waals surface area contributed by atoms with Crippen molar-refractivity contribution >= 4 is 17.9 Å². The minimum absolute atomic E-state index is 0.316. The highest BCUT2D eigenvalue weighted by Crippen LogP contribution is 1.92. The van der Waals surface area contributed by atoms with Gasteiger partial charge in [0.1, 0.15) is 0 Å². The number of unbranched alkanes of at least 4 members (excludes halogenated alkanes) is 3. The highest BCUT2D eigenvalue weighted by atomic mass is 16.4. The van der Waals surface area contributed by atoms with Crippen LogP contribution in [0, 0.1) is 0 Å². The van der Waals surface area contributed by atoms with Gasteiger partial charge in [-0.1, -0.05) is 40.0 Å². The Bertz CT molecular complexity index is 220. The molecule has 0 aliphatic rings. The van der Waals surface area contributed by atoms with Crippen molar-refractivity contribution in [3.05, 3.63) is 0 Å². The minimum Gasteiger partial charge on any atom is -0.481 e. The van der Waals surface area contributed by atoms with Gasteiger partial charge in [-0.3, -0.25) is 14.4 Å². The number of carboxylic acids is 3. The van der Waals surface area contributed by atoms with Crippen LogP contribution in [0.4, 0.5) is 0 Å². The third-order valence-electron chi connectivity index (χ3n) is 2.23. The summed E-state index contributed by atoms with van der Waals surface area (Å²) in [4.78, 5) is 29.3. The van der Waals surface area contributed by atoms with Crippen molar-refractivity contribution in [3.8, 4) is 0 Å². The first-order valence-corrected chi connectivity index (χ1v) is 7.47. The van der Waals surface area contributed by atoms with E-state index in [1.54, 1.807) is 0 Å². The molecule has 3 N–H and O–H groups in total. The van der Waals surface area contributed by atoms with Gasteiger partial charge < -0.3 is 15.3 Å². The summed E-state index contributed by atoms with van der Waals surface area (Å²) in [5, 5.41) is 24.1. The van der Waals surface area contributed by atoms with Gasteiger partial charge in [-0.25, -0.2) is 0 Å². The van der Waals surface area contributed by atoms with Gasteiger partial charge in [0, 0.05) is 19.3 Å². The van der Waals surface area contributed by atoms with Gasteiger partial charge in [0.25, 0.3) is 0 Å². The molecule has 6 nitrogen and oxygen atoms in total. The second kappa shape index (κ2) is 20.7. The molecular weight excluding hydrogens is 276 g/mol. The van der Waals surface area contributed by atoms with E-state index >= 15 is 0 Å². The van der Waals surface area contributed by atoms with E-state index in [0.29, 0.717) is 19.3 Å². The highest BCUT2D eigenvalue weighted by molar-refractivity contribution is 5.67. The number of hydrogen-bond donors (Lipinski definition) is 3. The summed E-state index contributed by atoms with van der Waals surface area (Å²) in [5.41, 5.74) is 0. The molecule has 21 heavy (non-hydrogen) atoms. The molecule has 0 aromatic carbocycles. The molecule has 6 heteroatoms. The van der Waals surface area contributed by atoms with Crippen LogP contribution in [-0.4, -0.2) is 33.2 Å². The van der Waals surface area contributed by atoms with E-state index in [1.165, 1.54) is 0 Å². The fourth-order valence-corrected chi connectivity index (χ4v) is 0.984. The Hall–Kier alpha value is -1.59. The van der Waals surface area contributed by atoms with E-state index in [9.17, 15) is 14.4 Å². The molecule has 0 atom stereocenters. The van der Waals surface area contributed by atoms with Gasteiger partial charge in [-0.05, 0) is 19.3 Å². The number of hydrogen-bond acceptors (Lipinski definition) is 3. The molecule has 126 valence electrons. The van der Waals surface area contributed by atoms with E-state index in [-0.39, 0.29) is 0 Å². The molecule has 0 aliphatic heterocycles. The van der Waals surface area contributed by atoms with Gasteiger partial charge in [0.2, 0.25) is 0 Å². The number of carboxylic acid groups (broad SMARTS) is 3. The maximum absolute atomic E-state index is 9.76. The molecule has 0 aromatic rings. The van der Waals surface area contributed by atoms with Gasteiger partial charge in [0.15, 0.2) is 0 Å². The average molecular weight is 306 g/mol. The van der Waals surface area contributed by atoms with Crippen LogP contribution in [0.5, 0.6) is 0 Å². The Balaban J connectivity index is -0.000000231. The zero-order valence-corrected chi connectivity index (χ0v) is 13.4. The standard InChI is InChI=1S/3C5H10O2/c3*1-2-3-4-5(6)7/h3*2-4H2,1H3,(H,6,7). The molecule has 0 bridgehead atoms. The molecular formula is C15H30O6. The summed E-state index contributed by atoms with van der Waals surface area (Å²) in [6, 6.07) is 0. The highest BCUT2D eigenvalue weighted by Gasteiger charge is 1.92. The predicted octanol–water partition coefficient (Wildman–Crippen LogP) is 3.78. The average Bonchev–Trinajstić information content (AvgIpc) is 2.41. The van der Waals surface area contributed by atoms with Gasteiger partial charge in [-0.15, -0.1) is 0 Å². The number of rotatable bonds is 9. The van der Waals surface area contributed by atoms with Gasteiger partial charge >= 0.3 is 17.9 Å². The van der Waals surface area contributed by atoms with Crippen molar-refractivity contribution in [2.24, 2.45) is 0 Å². The summed E-state index contributed by atoms with van der Waals surface area (Å²) >= 11 is 0. The lowest BCUT2D eigenvalue weighted by Gasteiger charge is -1.85. The Kier molecular flexibility index (Phi) is 24.1. The minimum atomic E-state index is -0.693. The summed E-state index contributed by atoms with van der Waals surface area (Å²) in [6.45, 7) is 5.93. The molecule has 0 rings (SSSR count). The third-order valence-corrected chi connectivity index (χ3v) is 2.23. The summed E-state index contributed by atoms with van der Waals surface area (Å²) in [6.07, 6.45) is 6.24. The molecule has 0 aliphatic carbocycles. The molecule has 0 spiro atoms. The van der Waals surface area contributed by atoms with Crippen molar-refractivity contribution in [2.45, 2.75) is 78.6 Å². The van der Waals surface area contributed by atoms with Crippen molar-refractivity contribution in [1.29, 1.82) is 0 Å². The van der Waals surface area contributed by atoms with Crippen molar-refractivity contribution in [1.82, 2.24) is 0 Å². The van der Waals surface area contributed by atoms with Crippen LogP contribution >= 0.6 is 0 Å². The summed E-state index contributed by atoms with van der Waals surface area (Å²) in [7, 11) is 0. The lowest BCUT2D eigenvalue weighted by molar-refractivity contribution is -0.138. The van der Waals surface area contributed by atoms with Crippen molar-refractivity contribution in [2.75, 3.05) is 0 Å². The first-order chi connectivity index (χ1) is 9.81. The second-order valence-corrected chi connectivity index (χ2v) is 4.49. The quantitative estimate of drug-likeness (QED) is 0.597. The lowest BCUT2D eigenvalue weighted by Crippen LogP contribution is -1.91. The van der Waals surface area contributed by atoms with Crippen LogP contribution in [0.2, 0.25) is 0 Å². The number of aliphatic carboxylic acids is 3. The smallest absolute Gasteiger partial charge is 0.303 e. The zero-order valence-electron chi connectivity index (χ0n) is 13.4.